The summed E-state index contributed by atoms with van der Waals surface area (Å²) >= 11 is 6.41. The summed E-state index contributed by atoms with van der Waals surface area (Å²) in [4.78, 5) is 11.4. The van der Waals surface area contributed by atoms with Gasteiger partial charge in [-0.15, -0.1) is 0 Å². The van der Waals surface area contributed by atoms with Crippen LogP contribution >= 0.6 is 11.6 Å². The lowest BCUT2D eigenvalue weighted by Gasteiger charge is -2.44. The first kappa shape index (κ1) is 28.1. The molecule has 0 bridgehead atoms. The van der Waals surface area contributed by atoms with Crippen LogP contribution in [0, 0.1) is 0 Å². The second-order valence-electron chi connectivity index (χ2n) is 10.7. The smallest absolute Gasteiger partial charge is 0.229 e. The largest absolute Gasteiger partial charge is 0.495 e. The minimum atomic E-state index is -3.52. The van der Waals surface area contributed by atoms with Gasteiger partial charge in [-0.2, -0.15) is 4.98 Å². The maximum absolute atomic E-state index is 12.9. The van der Waals surface area contributed by atoms with Crippen LogP contribution in [0.5, 0.6) is 5.75 Å². The fraction of sp³-hybridized carbons (Fsp3) is 0.429. The van der Waals surface area contributed by atoms with Crippen LogP contribution in [0.25, 0.3) is 0 Å². The second-order valence-corrected chi connectivity index (χ2v) is 13.6. The predicted octanol–water partition coefficient (Wildman–Crippen LogP) is 5.96. The summed E-state index contributed by atoms with van der Waals surface area (Å²) < 4.78 is 31.5. The van der Waals surface area contributed by atoms with Crippen LogP contribution in [0.3, 0.4) is 0 Å². The number of nitrogens with one attached hydrogen (secondary N) is 2. The number of aromatic nitrogens is 2. The SMILES string of the molecule is COc1cc2c(cc1Nc1ncc(Cl)c(Nc3ccccc3S(=O)(=O)C(C)C)n1)CCC(N(C)C)C2(C)C. The highest BCUT2D eigenvalue weighted by atomic mass is 35.5. The zero-order valence-electron chi connectivity index (χ0n) is 23.0. The Balaban J connectivity index is 1.67. The number of hydrogen-bond acceptors (Lipinski definition) is 8. The van der Waals surface area contributed by atoms with E-state index >= 15 is 0 Å². The number of para-hydroxylation sites is 1. The Kier molecular flexibility index (Phi) is 7.93. The molecule has 2 N–H and O–H groups in total. The quantitative estimate of drug-likeness (QED) is 0.350. The van der Waals surface area contributed by atoms with Gasteiger partial charge < -0.3 is 20.3 Å². The minimum Gasteiger partial charge on any atom is -0.495 e. The van der Waals surface area contributed by atoms with E-state index < -0.39 is 15.1 Å². The molecule has 204 valence electrons. The molecule has 0 aliphatic heterocycles. The highest BCUT2D eigenvalue weighted by Crippen LogP contribution is 2.43. The van der Waals surface area contributed by atoms with Crippen LogP contribution in [-0.4, -0.2) is 55.8 Å². The normalized spacial score (nSPS) is 16.8. The van der Waals surface area contributed by atoms with E-state index in [0.29, 0.717) is 29.2 Å². The van der Waals surface area contributed by atoms with Crippen LogP contribution < -0.4 is 15.4 Å². The Labute approximate surface area is 230 Å². The van der Waals surface area contributed by atoms with Crippen molar-refractivity contribution in [2.24, 2.45) is 0 Å². The Morgan fingerprint density at radius 1 is 1.13 bits per heavy atom. The van der Waals surface area contributed by atoms with Gasteiger partial charge in [0.05, 0.1) is 34.8 Å². The lowest BCUT2D eigenvalue weighted by atomic mass is 9.68. The summed E-state index contributed by atoms with van der Waals surface area (Å²) in [5, 5.41) is 6.07. The maximum atomic E-state index is 12.9. The molecule has 1 atom stereocenters. The number of hydrogen-bond donors (Lipinski definition) is 2. The molecule has 1 aliphatic rings. The van der Waals surface area contributed by atoms with Gasteiger partial charge in [0.2, 0.25) is 5.95 Å². The van der Waals surface area contributed by atoms with Crippen molar-refractivity contribution >= 4 is 44.6 Å². The molecule has 1 unspecified atom stereocenters. The van der Waals surface area contributed by atoms with Crippen molar-refractivity contribution in [2.75, 3.05) is 31.8 Å². The van der Waals surface area contributed by atoms with E-state index in [4.69, 9.17) is 16.3 Å². The number of anilines is 4. The summed E-state index contributed by atoms with van der Waals surface area (Å²) in [6.07, 6.45) is 3.49. The average molecular weight is 558 g/mol. The number of ether oxygens (including phenoxy) is 1. The molecule has 3 aromatic rings. The van der Waals surface area contributed by atoms with E-state index in [9.17, 15) is 8.42 Å². The van der Waals surface area contributed by atoms with Gasteiger partial charge >= 0.3 is 0 Å². The zero-order valence-corrected chi connectivity index (χ0v) is 24.5. The van der Waals surface area contributed by atoms with Crippen LogP contribution in [-0.2, 0) is 21.7 Å². The number of methoxy groups -OCH3 is 1. The first-order valence-corrected chi connectivity index (χ1v) is 14.6. The predicted molar refractivity (Wildman–Crippen MR) is 154 cm³/mol. The number of nitrogens with zero attached hydrogens (tertiary/aromatic N) is 3. The van der Waals surface area contributed by atoms with Crippen molar-refractivity contribution in [1.29, 1.82) is 0 Å². The van der Waals surface area contributed by atoms with Crippen molar-refractivity contribution in [3.05, 3.63) is 58.7 Å². The molecule has 1 aliphatic carbocycles. The fourth-order valence-corrected chi connectivity index (χ4v) is 6.61. The van der Waals surface area contributed by atoms with Gasteiger partial charge in [-0.3, -0.25) is 0 Å². The van der Waals surface area contributed by atoms with Crippen LogP contribution in [0.1, 0.15) is 45.2 Å². The Morgan fingerprint density at radius 3 is 2.50 bits per heavy atom. The Morgan fingerprint density at radius 2 is 1.84 bits per heavy atom. The average Bonchev–Trinajstić information content (AvgIpc) is 2.85. The standard InChI is InChI=1S/C28H36ClN5O3S/c1-17(2)38(35,36)24-11-9-8-10-21(24)31-26-20(29)16-30-27(33-26)32-22-14-18-12-13-25(34(5)6)28(3,4)19(18)15-23(22)37-7/h8-11,14-17,25H,12-13H2,1-7H3,(H2,30,31,32,33). The summed E-state index contributed by atoms with van der Waals surface area (Å²) in [6, 6.07) is 11.4. The van der Waals surface area contributed by atoms with E-state index in [1.807, 2.05) is 0 Å². The third kappa shape index (κ3) is 5.32. The highest BCUT2D eigenvalue weighted by molar-refractivity contribution is 7.92. The van der Waals surface area contributed by atoms with Gasteiger partial charge in [0.1, 0.15) is 10.8 Å². The number of halogens is 1. The summed E-state index contributed by atoms with van der Waals surface area (Å²) in [5.74, 6) is 1.29. The zero-order chi connectivity index (χ0) is 27.8. The van der Waals surface area contributed by atoms with E-state index in [2.05, 4.69) is 65.6 Å². The number of fused-ring (bicyclic) bond motifs is 1. The molecule has 1 aromatic heterocycles. The molecule has 4 rings (SSSR count). The maximum Gasteiger partial charge on any atom is 0.229 e. The number of sulfone groups is 1. The van der Waals surface area contributed by atoms with E-state index in [-0.39, 0.29) is 15.3 Å². The molecule has 0 spiro atoms. The molecule has 0 saturated carbocycles. The first-order chi connectivity index (χ1) is 17.9. The van der Waals surface area contributed by atoms with Gasteiger partial charge in [0.15, 0.2) is 15.7 Å². The molecular weight excluding hydrogens is 522 g/mol. The van der Waals surface area contributed by atoms with Gasteiger partial charge in [0.25, 0.3) is 0 Å². The van der Waals surface area contributed by atoms with E-state index in [0.717, 1.165) is 18.5 Å². The molecule has 0 radical (unpaired) electrons. The van der Waals surface area contributed by atoms with E-state index in [1.54, 1.807) is 45.2 Å². The van der Waals surface area contributed by atoms with Crippen molar-refractivity contribution in [3.8, 4) is 5.75 Å². The number of rotatable bonds is 8. The lowest BCUT2D eigenvalue weighted by Crippen LogP contribution is -2.47. The molecule has 0 saturated heterocycles. The minimum absolute atomic E-state index is 0.0412. The van der Waals surface area contributed by atoms with Gasteiger partial charge in [-0.25, -0.2) is 13.4 Å². The summed E-state index contributed by atoms with van der Waals surface area (Å²) in [6.45, 7) is 7.86. The van der Waals surface area contributed by atoms with Crippen LogP contribution in [0.2, 0.25) is 5.02 Å². The van der Waals surface area contributed by atoms with Crippen molar-refractivity contribution < 1.29 is 13.2 Å². The molecule has 0 fully saturated rings. The number of likely N-dealkylation sites (N-methyl/N-ethyl adjacent to an activating group) is 1. The lowest BCUT2D eigenvalue weighted by molar-refractivity contribution is 0.175. The summed E-state index contributed by atoms with van der Waals surface area (Å²) in [5.41, 5.74) is 3.64. The third-order valence-electron chi connectivity index (χ3n) is 7.32. The van der Waals surface area contributed by atoms with E-state index in [1.165, 1.54) is 17.3 Å². The number of aryl methyl sites for hydroxylation is 1. The molecule has 0 amide bonds. The second kappa shape index (κ2) is 10.7. The van der Waals surface area contributed by atoms with Crippen molar-refractivity contribution in [1.82, 2.24) is 14.9 Å². The Bertz CT molecular complexity index is 1440. The molecule has 38 heavy (non-hydrogen) atoms. The molecule has 10 heteroatoms. The van der Waals surface area contributed by atoms with Crippen molar-refractivity contribution in [2.45, 2.75) is 62.1 Å². The number of benzene rings is 2. The molecule has 2 aromatic carbocycles. The van der Waals surface area contributed by atoms with Crippen LogP contribution in [0.15, 0.2) is 47.5 Å². The molecule has 1 heterocycles. The van der Waals surface area contributed by atoms with Gasteiger partial charge in [0, 0.05) is 11.5 Å². The van der Waals surface area contributed by atoms with Crippen molar-refractivity contribution in [3.63, 3.8) is 0 Å². The Hall–Kier alpha value is -2.88. The topological polar surface area (TPSA) is 96.4 Å². The monoisotopic (exact) mass is 557 g/mol. The molecular formula is C28H36ClN5O3S. The highest BCUT2D eigenvalue weighted by Gasteiger charge is 2.38. The summed E-state index contributed by atoms with van der Waals surface area (Å²) in [7, 11) is 2.39. The van der Waals surface area contributed by atoms with Gasteiger partial charge in [-0.05, 0) is 76.2 Å². The third-order valence-corrected chi connectivity index (χ3v) is 9.81. The first-order valence-electron chi connectivity index (χ1n) is 12.6. The fourth-order valence-electron chi connectivity index (χ4n) is 5.27. The molecule has 8 nitrogen and oxygen atoms in total. The van der Waals surface area contributed by atoms with Crippen LogP contribution in [0.4, 0.5) is 23.1 Å². The van der Waals surface area contributed by atoms with Gasteiger partial charge in [-0.1, -0.05) is 37.6 Å².